The molecule has 0 unspecified atom stereocenters. The summed E-state index contributed by atoms with van der Waals surface area (Å²) in [5, 5.41) is 14.7. The molecular formula is C34H49N5O4S2. The van der Waals surface area contributed by atoms with Gasteiger partial charge in [0.15, 0.2) is 5.78 Å². The van der Waals surface area contributed by atoms with Gasteiger partial charge < -0.3 is 26.6 Å². The number of anilines is 2. The summed E-state index contributed by atoms with van der Waals surface area (Å²) in [6.07, 6.45) is 4.38. The minimum absolute atomic E-state index is 0.0266. The van der Waals surface area contributed by atoms with Crippen LogP contribution in [0.4, 0.5) is 16.2 Å². The van der Waals surface area contributed by atoms with Crippen LogP contribution in [-0.4, -0.2) is 60.1 Å². The average Bonchev–Trinajstić information content (AvgIpc) is 3.01. The second-order valence-electron chi connectivity index (χ2n) is 11.3. The Morgan fingerprint density at radius 3 is 2.13 bits per heavy atom. The standard InChI is InChI=1S/C34H49N5O4S2/c1-6-23(2)30(33(42)36-18-7-8-29(40)20-25-9-13-27(14-10-25)37-24(3)44)21-32(41)31(17-19-45-5)39-34(43)38-28-15-11-26(12-16-28)22-35-4/h9-16,23,30-31,35H,6-8,17-22H2,1-5H3,(H,36,42)(H,37,44)(H2,38,39,43)/t23-,30-,31-/m0/s1. The first kappa shape index (κ1) is 37.9. The lowest BCUT2D eigenvalue weighted by Crippen LogP contribution is -2.45. The van der Waals surface area contributed by atoms with Crippen LogP contribution in [0, 0.1) is 11.8 Å². The quantitative estimate of drug-likeness (QED) is 0.0903. The van der Waals surface area contributed by atoms with Crippen molar-refractivity contribution in [1.82, 2.24) is 16.0 Å². The van der Waals surface area contributed by atoms with Gasteiger partial charge in [-0.3, -0.25) is 14.4 Å². The van der Waals surface area contributed by atoms with Crippen LogP contribution in [0.1, 0.15) is 64.0 Å². The first-order valence-corrected chi connectivity index (χ1v) is 17.3. The molecule has 0 spiro atoms. The Morgan fingerprint density at radius 1 is 0.933 bits per heavy atom. The van der Waals surface area contributed by atoms with Gasteiger partial charge in [-0.05, 0) is 80.1 Å². The number of benzene rings is 2. The second-order valence-corrected chi connectivity index (χ2v) is 12.9. The molecule has 0 aliphatic rings. The maximum absolute atomic E-state index is 13.5. The third-order valence-electron chi connectivity index (χ3n) is 7.59. The third kappa shape index (κ3) is 14.6. The first-order valence-electron chi connectivity index (χ1n) is 15.5. The van der Waals surface area contributed by atoms with Crippen LogP contribution in [0.5, 0.6) is 0 Å². The Morgan fingerprint density at radius 2 is 1.56 bits per heavy atom. The van der Waals surface area contributed by atoms with Crippen molar-refractivity contribution in [2.45, 2.75) is 71.9 Å². The molecule has 0 saturated heterocycles. The fourth-order valence-electron chi connectivity index (χ4n) is 4.83. The number of hydrogen-bond acceptors (Lipinski definition) is 7. The first-order chi connectivity index (χ1) is 21.6. The van der Waals surface area contributed by atoms with Crippen molar-refractivity contribution in [1.29, 1.82) is 0 Å². The number of carbonyl (C=O) groups is 4. The number of thiocarbonyl (C=S) groups is 1. The molecule has 2 rings (SSSR count). The van der Waals surface area contributed by atoms with Crippen LogP contribution in [0.15, 0.2) is 48.5 Å². The average molecular weight is 656 g/mol. The Balaban J connectivity index is 1.89. The van der Waals surface area contributed by atoms with E-state index in [1.54, 1.807) is 11.8 Å². The highest BCUT2D eigenvalue weighted by Crippen LogP contribution is 2.22. The second kappa shape index (κ2) is 20.7. The van der Waals surface area contributed by atoms with Crippen LogP contribution in [0.2, 0.25) is 0 Å². The van der Waals surface area contributed by atoms with E-state index in [4.69, 9.17) is 12.2 Å². The normalized spacial score (nSPS) is 12.8. The lowest BCUT2D eigenvalue weighted by molar-refractivity contribution is -0.131. The van der Waals surface area contributed by atoms with Gasteiger partial charge in [0.05, 0.1) is 11.0 Å². The lowest BCUT2D eigenvalue weighted by Gasteiger charge is -2.25. The summed E-state index contributed by atoms with van der Waals surface area (Å²) in [5.74, 6) is -0.126. The molecule has 0 aromatic heterocycles. The number of ketones is 2. The Labute approximate surface area is 277 Å². The number of amides is 3. The van der Waals surface area contributed by atoms with Gasteiger partial charge in [0.1, 0.15) is 5.78 Å². The molecule has 0 saturated carbocycles. The molecule has 45 heavy (non-hydrogen) atoms. The fourth-order valence-corrected chi connectivity index (χ4v) is 5.42. The number of hydrogen-bond donors (Lipinski definition) is 5. The topological polar surface area (TPSA) is 128 Å². The maximum atomic E-state index is 13.5. The number of nitrogens with one attached hydrogen (secondary N) is 5. The molecule has 9 nitrogen and oxygen atoms in total. The summed E-state index contributed by atoms with van der Waals surface area (Å²) in [4.78, 5) is 52.7. The number of Topliss-reactive ketones (excluding diaryl/α,β-unsaturated/α-hetero) is 2. The summed E-state index contributed by atoms with van der Waals surface area (Å²) in [6, 6.07) is 13.9. The molecule has 5 N–H and O–H groups in total. The molecule has 0 aliphatic carbocycles. The van der Waals surface area contributed by atoms with Gasteiger partial charge in [-0.25, -0.2) is 4.79 Å². The minimum atomic E-state index is -0.707. The predicted molar refractivity (Wildman–Crippen MR) is 190 cm³/mol. The molecule has 0 fully saturated rings. The van der Waals surface area contributed by atoms with E-state index in [0.717, 1.165) is 29.8 Å². The molecule has 3 amide bonds. The molecule has 2 aromatic carbocycles. The highest BCUT2D eigenvalue weighted by Gasteiger charge is 2.30. The summed E-state index contributed by atoms with van der Waals surface area (Å²) < 4.78 is 0. The van der Waals surface area contributed by atoms with Gasteiger partial charge in [-0.2, -0.15) is 11.8 Å². The molecule has 2 aromatic rings. The third-order valence-corrected chi connectivity index (χ3v) is 8.34. The molecule has 0 bridgehead atoms. The SMILES string of the molecule is CC[C@H](C)[C@H](CC(=O)[C@H](CCSC)NC(=O)Nc1ccc(CNC)cc1)C(=O)NCCCC(=O)Cc1ccc(NC(C)=S)cc1. The van der Waals surface area contributed by atoms with Gasteiger partial charge in [0.25, 0.3) is 0 Å². The van der Waals surface area contributed by atoms with E-state index in [1.165, 1.54) is 0 Å². The number of carbonyl (C=O) groups excluding carboxylic acids is 4. The van der Waals surface area contributed by atoms with E-state index in [1.807, 2.05) is 82.6 Å². The molecule has 11 heteroatoms. The fraction of sp³-hybridized carbons (Fsp3) is 0.500. The highest BCUT2D eigenvalue weighted by atomic mass is 32.2. The van der Waals surface area contributed by atoms with Crippen LogP contribution in [-0.2, 0) is 27.3 Å². The Bertz CT molecular complexity index is 1250. The minimum Gasteiger partial charge on any atom is -0.356 e. The summed E-state index contributed by atoms with van der Waals surface area (Å²) in [6.45, 7) is 6.84. The van der Waals surface area contributed by atoms with Crippen LogP contribution < -0.4 is 26.6 Å². The summed E-state index contributed by atoms with van der Waals surface area (Å²) in [7, 11) is 1.87. The van der Waals surface area contributed by atoms with Crippen molar-refractivity contribution >= 4 is 63.8 Å². The van der Waals surface area contributed by atoms with E-state index < -0.39 is 18.0 Å². The van der Waals surface area contributed by atoms with Crippen LogP contribution in [0.25, 0.3) is 0 Å². The Hall–Kier alpha value is -3.28. The predicted octanol–water partition coefficient (Wildman–Crippen LogP) is 5.74. The zero-order valence-electron chi connectivity index (χ0n) is 27.2. The smallest absolute Gasteiger partial charge is 0.319 e. The monoisotopic (exact) mass is 655 g/mol. The van der Waals surface area contributed by atoms with Crippen LogP contribution in [0.3, 0.4) is 0 Å². The van der Waals surface area contributed by atoms with Crippen LogP contribution >= 0.6 is 24.0 Å². The Kier molecular flexibility index (Phi) is 17.4. The number of rotatable bonds is 20. The molecular weight excluding hydrogens is 607 g/mol. The number of thioether (sulfide) groups is 1. The number of urea groups is 1. The van der Waals surface area contributed by atoms with Crippen molar-refractivity contribution in [2.24, 2.45) is 11.8 Å². The zero-order chi connectivity index (χ0) is 33.2. The van der Waals surface area contributed by atoms with Gasteiger partial charge >= 0.3 is 6.03 Å². The highest BCUT2D eigenvalue weighted by molar-refractivity contribution is 7.98. The van der Waals surface area contributed by atoms with Gasteiger partial charge in [0.2, 0.25) is 5.91 Å². The van der Waals surface area contributed by atoms with Crippen molar-refractivity contribution in [3.63, 3.8) is 0 Å². The lowest BCUT2D eigenvalue weighted by atomic mass is 9.85. The van der Waals surface area contributed by atoms with E-state index in [-0.39, 0.29) is 29.8 Å². The van der Waals surface area contributed by atoms with Crippen molar-refractivity contribution < 1.29 is 19.2 Å². The van der Waals surface area contributed by atoms with E-state index >= 15 is 0 Å². The largest absolute Gasteiger partial charge is 0.356 e. The van der Waals surface area contributed by atoms with Crippen molar-refractivity contribution in [3.8, 4) is 0 Å². The van der Waals surface area contributed by atoms with Gasteiger partial charge in [-0.1, -0.05) is 56.8 Å². The van der Waals surface area contributed by atoms with E-state index in [0.29, 0.717) is 48.7 Å². The maximum Gasteiger partial charge on any atom is 0.319 e. The van der Waals surface area contributed by atoms with Crippen molar-refractivity contribution in [2.75, 3.05) is 36.2 Å². The van der Waals surface area contributed by atoms with Gasteiger partial charge in [0, 0.05) is 49.6 Å². The molecule has 3 atom stereocenters. The van der Waals surface area contributed by atoms with Crippen molar-refractivity contribution in [3.05, 3.63) is 59.7 Å². The zero-order valence-corrected chi connectivity index (χ0v) is 28.8. The van der Waals surface area contributed by atoms with E-state index in [9.17, 15) is 19.2 Å². The summed E-state index contributed by atoms with van der Waals surface area (Å²) in [5.41, 5.74) is 3.53. The molecule has 0 heterocycles. The van der Waals surface area contributed by atoms with Gasteiger partial charge in [-0.15, -0.1) is 0 Å². The molecule has 0 aliphatic heterocycles. The summed E-state index contributed by atoms with van der Waals surface area (Å²) >= 11 is 6.65. The molecule has 0 radical (unpaired) electrons. The van der Waals surface area contributed by atoms with E-state index in [2.05, 4.69) is 26.6 Å². The molecule has 246 valence electrons.